The largest absolute Gasteiger partial charge is 0.481 e. The van der Waals surface area contributed by atoms with Crippen LogP contribution >= 0.6 is 0 Å². The molecule has 7 nitrogen and oxygen atoms in total. The summed E-state index contributed by atoms with van der Waals surface area (Å²) in [5.41, 5.74) is 4.29. The van der Waals surface area contributed by atoms with Gasteiger partial charge in [0, 0.05) is 11.6 Å². The van der Waals surface area contributed by atoms with Crippen molar-refractivity contribution in [1.82, 2.24) is 10.2 Å². The Bertz CT molecular complexity index is 1050. The summed E-state index contributed by atoms with van der Waals surface area (Å²) in [7, 11) is 0. The number of aromatic nitrogens is 2. The molecule has 2 aliphatic rings. The van der Waals surface area contributed by atoms with Gasteiger partial charge in [-0.2, -0.15) is 0 Å². The lowest BCUT2D eigenvalue weighted by Gasteiger charge is -2.28. The molecule has 7 heteroatoms. The highest BCUT2D eigenvalue weighted by molar-refractivity contribution is 5.67. The Hall–Kier alpha value is -3.19. The van der Waals surface area contributed by atoms with Crippen LogP contribution in [0.3, 0.4) is 0 Å². The van der Waals surface area contributed by atoms with Gasteiger partial charge in [0.1, 0.15) is 0 Å². The monoisotopic (exact) mass is 433 g/mol. The van der Waals surface area contributed by atoms with Crippen LogP contribution < -0.4 is 5.32 Å². The second-order valence-electron chi connectivity index (χ2n) is 8.76. The number of rotatable bonds is 7. The number of aliphatic carboxylic acids is 1. The summed E-state index contributed by atoms with van der Waals surface area (Å²) in [5, 5.41) is 20.4. The maximum atomic E-state index is 10.9. The van der Waals surface area contributed by atoms with Gasteiger partial charge in [0.15, 0.2) is 0 Å². The second-order valence-corrected chi connectivity index (χ2v) is 8.76. The molecule has 2 N–H and O–H groups in total. The van der Waals surface area contributed by atoms with E-state index in [1.54, 1.807) is 0 Å². The van der Waals surface area contributed by atoms with Crippen molar-refractivity contribution >= 4 is 17.7 Å². The van der Waals surface area contributed by atoms with E-state index in [1.807, 2.05) is 12.1 Å². The quantitative estimate of drug-likeness (QED) is 0.494. The third-order valence-corrected chi connectivity index (χ3v) is 6.48. The minimum Gasteiger partial charge on any atom is -0.481 e. The molecule has 1 saturated carbocycles. The number of nitrogens with zero attached hydrogens (tertiary/aromatic N) is 2. The molecule has 1 saturated heterocycles. The third kappa shape index (κ3) is 4.67. The molecule has 1 aliphatic heterocycles. The maximum Gasteiger partial charge on any atom is 0.320 e. The molecule has 0 radical (unpaired) electrons. The number of ether oxygens (including phenoxy) is 1. The smallest absolute Gasteiger partial charge is 0.320 e. The van der Waals surface area contributed by atoms with Crippen molar-refractivity contribution in [2.24, 2.45) is 5.92 Å². The molecule has 0 unspecified atom stereocenters. The highest BCUT2D eigenvalue weighted by Gasteiger charge is 2.26. The van der Waals surface area contributed by atoms with Gasteiger partial charge in [0.25, 0.3) is 0 Å². The molecule has 2 fully saturated rings. The van der Waals surface area contributed by atoms with E-state index < -0.39 is 5.97 Å². The Morgan fingerprint density at radius 1 is 0.969 bits per heavy atom. The SMILES string of the molecule is O=C(O)C[C@@H]1CC[C@H](c2ccc(-c3ccc(Nc4nnc(C5CCC5)o4)cc3)cc2)OC1. The molecule has 166 valence electrons. The molecular formula is C25H27N3O4. The van der Waals surface area contributed by atoms with E-state index in [-0.39, 0.29) is 18.4 Å². The maximum absolute atomic E-state index is 10.9. The van der Waals surface area contributed by atoms with E-state index in [0.29, 0.717) is 18.5 Å². The average Bonchev–Trinajstić information content (AvgIpc) is 3.21. The lowest BCUT2D eigenvalue weighted by Crippen LogP contribution is -2.22. The number of hydrogen-bond acceptors (Lipinski definition) is 6. The lowest BCUT2D eigenvalue weighted by molar-refractivity contribution is -0.140. The summed E-state index contributed by atoms with van der Waals surface area (Å²) in [6.07, 6.45) is 5.47. The number of carboxylic acids is 1. The molecular weight excluding hydrogens is 406 g/mol. The number of hydrogen-bond donors (Lipinski definition) is 2. The van der Waals surface area contributed by atoms with Crippen LogP contribution in [0.15, 0.2) is 52.9 Å². The van der Waals surface area contributed by atoms with Crippen molar-refractivity contribution < 1.29 is 19.1 Å². The first-order chi connectivity index (χ1) is 15.6. The number of anilines is 2. The Morgan fingerprint density at radius 3 is 2.28 bits per heavy atom. The van der Waals surface area contributed by atoms with Crippen LogP contribution in [0.1, 0.15) is 62.0 Å². The van der Waals surface area contributed by atoms with Crippen LogP contribution in [0.25, 0.3) is 11.1 Å². The van der Waals surface area contributed by atoms with Crippen LogP contribution in [0.5, 0.6) is 0 Å². The molecule has 2 atom stereocenters. The number of carboxylic acid groups (broad SMARTS) is 1. The summed E-state index contributed by atoms with van der Waals surface area (Å²) in [4.78, 5) is 10.9. The number of nitrogens with one attached hydrogen (secondary N) is 1. The van der Waals surface area contributed by atoms with Crippen LogP contribution in [-0.4, -0.2) is 27.9 Å². The molecule has 0 amide bonds. The molecule has 2 aromatic carbocycles. The van der Waals surface area contributed by atoms with Gasteiger partial charge < -0.3 is 19.6 Å². The molecule has 5 rings (SSSR count). The first-order valence-electron chi connectivity index (χ1n) is 11.3. The van der Waals surface area contributed by atoms with Crippen LogP contribution in [0, 0.1) is 5.92 Å². The fraction of sp³-hybridized carbons (Fsp3) is 0.400. The van der Waals surface area contributed by atoms with Crippen LogP contribution in [0.2, 0.25) is 0 Å². The molecule has 0 bridgehead atoms. The zero-order chi connectivity index (χ0) is 21.9. The van der Waals surface area contributed by atoms with Gasteiger partial charge >= 0.3 is 12.0 Å². The Kier molecular flexibility index (Phi) is 5.90. The van der Waals surface area contributed by atoms with Gasteiger partial charge in [-0.05, 0) is 60.4 Å². The zero-order valence-corrected chi connectivity index (χ0v) is 17.9. The van der Waals surface area contributed by atoms with E-state index in [1.165, 1.54) is 6.42 Å². The molecule has 1 aliphatic carbocycles. The Morgan fingerprint density at radius 2 is 1.69 bits per heavy atom. The van der Waals surface area contributed by atoms with Gasteiger partial charge in [-0.25, -0.2) is 0 Å². The number of carbonyl (C=O) groups is 1. The zero-order valence-electron chi connectivity index (χ0n) is 17.9. The van der Waals surface area contributed by atoms with Crippen LogP contribution in [0.4, 0.5) is 11.7 Å². The summed E-state index contributed by atoms with van der Waals surface area (Å²) in [6.45, 7) is 0.509. The highest BCUT2D eigenvalue weighted by Crippen LogP contribution is 2.36. The molecule has 32 heavy (non-hydrogen) atoms. The van der Waals surface area contributed by atoms with E-state index in [2.05, 4.69) is 51.9 Å². The minimum absolute atomic E-state index is 0.0416. The van der Waals surface area contributed by atoms with Crippen molar-refractivity contribution in [3.8, 4) is 11.1 Å². The van der Waals surface area contributed by atoms with Crippen LogP contribution in [-0.2, 0) is 9.53 Å². The van der Waals surface area contributed by atoms with Crippen molar-refractivity contribution in [2.45, 2.75) is 50.5 Å². The topological polar surface area (TPSA) is 97.5 Å². The average molecular weight is 434 g/mol. The summed E-state index contributed by atoms with van der Waals surface area (Å²) in [6, 6.07) is 17.0. The Balaban J connectivity index is 1.18. The normalized spacial score (nSPS) is 21.1. The molecule has 3 aromatic rings. The van der Waals surface area contributed by atoms with E-state index in [9.17, 15) is 4.79 Å². The van der Waals surface area contributed by atoms with E-state index in [4.69, 9.17) is 14.3 Å². The first kappa shape index (κ1) is 20.7. The summed E-state index contributed by atoms with van der Waals surface area (Å²) in [5.74, 6) is 0.522. The Labute approximate surface area is 186 Å². The molecule has 2 heterocycles. The van der Waals surface area contributed by atoms with Gasteiger partial charge in [-0.3, -0.25) is 4.79 Å². The second kappa shape index (κ2) is 9.12. The first-order valence-corrected chi connectivity index (χ1v) is 11.3. The van der Waals surface area contributed by atoms with Crippen molar-refractivity contribution in [2.75, 3.05) is 11.9 Å². The van der Waals surface area contributed by atoms with Gasteiger partial charge in [0.2, 0.25) is 5.89 Å². The molecule has 0 spiro atoms. The van der Waals surface area contributed by atoms with Crippen molar-refractivity contribution in [3.63, 3.8) is 0 Å². The fourth-order valence-electron chi connectivity index (χ4n) is 4.34. The summed E-state index contributed by atoms with van der Waals surface area (Å²) < 4.78 is 11.7. The molecule has 1 aromatic heterocycles. The summed E-state index contributed by atoms with van der Waals surface area (Å²) >= 11 is 0. The van der Waals surface area contributed by atoms with Crippen molar-refractivity contribution in [3.05, 3.63) is 60.0 Å². The predicted octanol–water partition coefficient (Wildman–Crippen LogP) is 5.69. The lowest BCUT2D eigenvalue weighted by atomic mass is 9.85. The van der Waals surface area contributed by atoms with Crippen molar-refractivity contribution in [1.29, 1.82) is 0 Å². The third-order valence-electron chi connectivity index (χ3n) is 6.48. The fourth-order valence-corrected chi connectivity index (χ4v) is 4.34. The van der Waals surface area contributed by atoms with Gasteiger partial charge in [-0.15, -0.1) is 5.10 Å². The number of benzene rings is 2. The minimum atomic E-state index is -0.752. The van der Waals surface area contributed by atoms with E-state index in [0.717, 1.165) is 54.0 Å². The van der Waals surface area contributed by atoms with Gasteiger partial charge in [0.05, 0.1) is 19.1 Å². The van der Waals surface area contributed by atoms with Gasteiger partial charge in [-0.1, -0.05) is 47.9 Å². The highest BCUT2D eigenvalue weighted by atomic mass is 16.5. The standard InChI is InChI=1S/C25H27N3O4/c29-23(30)14-16-4-13-22(31-15-16)19-7-5-17(6-8-19)18-9-11-21(12-10-18)26-25-28-27-24(32-25)20-2-1-3-20/h5-12,16,20,22H,1-4,13-15H2,(H,26,28)(H,29,30)/t16-,22+/m0/s1. The van der Waals surface area contributed by atoms with E-state index >= 15 is 0 Å². The predicted molar refractivity (Wildman–Crippen MR) is 120 cm³/mol.